The van der Waals surface area contributed by atoms with E-state index in [1.807, 2.05) is 0 Å². The zero-order valence-electron chi connectivity index (χ0n) is 10.3. The van der Waals surface area contributed by atoms with Crippen molar-refractivity contribution >= 4 is 17.8 Å². The van der Waals surface area contributed by atoms with Gasteiger partial charge in [-0.25, -0.2) is 4.79 Å². The van der Waals surface area contributed by atoms with Gasteiger partial charge in [-0.2, -0.15) is 0 Å². The van der Waals surface area contributed by atoms with E-state index < -0.39 is 11.9 Å². The molecule has 18 heavy (non-hydrogen) atoms. The highest BCUT2D eigenvalue weighted by atomic mass is 16.5. The van der Waals surface area contributed by atoms with E-state index in [1.54, 1.807) is 0 Å². The lowest BCUT2D eigenvalue weighted by molar-refractivity contribution is -0.175. The van der Waals surface area contributed by atoms with Gasteiger partial charge in [-0.1, -0.05) is 25.8 Å². The summed E-state index contributed by atoms with van der Waals surface area (Å²) < 4.78 is 4.69. The highest BCUT2D eigenvalue weighted by molar-refractivity contribution is 6.02. The number of imide groups is 1. The molecule has 98 valence electrons. The van der Waals surface area contributed by atoms with E-state index in [0.29, 0.717) is 6.42 Å². The SMILES string of the molecule is C=CC(=O)OCC(=O)N1C(=O)CC12CCCCC2. The van der Waals surface area contributed by atoms with E-state index in [-0.39, 0.29) is 18.1 Å². The lowest BCUT2D eigenvalue weighted by Crippen LogP contribution is -2.67. The van der Waals surface area contributed by atoms with Crippen molar-refractivity contribution < 1.29 is 19.1 Å². The topological polar surface area (TPSA) is 63.7 Å². The Morgan fingerprint density at radius 3 is 2.56 bits per heavy atom. The summed E-state index contributed by atoms with van der Waals surface area (Å²) in [5, 5.41) is 0. The van der Waals surface area contributed by atoms with Gasteiger partial charge < -0.3 is 4.74 Å². The molecule has 0 aromatic carbocycles. The summed E-state index contributed by atoms with van der Waals surface area (Å²) >= 11 is 0. The minimum absolute atomic E-state index is 0.156. The molecule has 1 spiro atoms. The van der Waals surface area contributed by atoms with Gasteiger partial charge in [0.05, 0.1) is 12.0 Å². The summed E-state index contributed by atoms with van der Waals surface area (Å²) in [5.74, 6) is -1.21. The molecular weight excluding hydrogens is 234 g/mol. The van der Waals surface area contributed by atoms with Gasteiger partial charge in [0.15, 0.2) is 6.61 Å². The first-order valence-electron chi connectivity index (χ1n) is 6.24. The molecule has 0 aromatic heterocycles. The normalized spacial score (nSPS) is 21.3. The molecule has 5 heteroatoms. The van der Waals surface area contributed by atoms with Gasteiger partial charge in [-0.3, -0.25) is 14.5 Å². The van der Waals surface area contributed by atoms with Gasteiger partial charge in [0.25, 0.3) is 5.91 Å². The molecule has 1 aliphatic carbocycles. The second kappa shape index (κ2) is 4.92. The first kappa shape index (κ1) is 12.8. The Morgan fingerprint density at radius 2 is 2.00 bits per heavy atom. The number of β-lactam (4-membered cyclic amide) rings is 1. The highest BCUT2D eigenvalue weighted by Crippen LogP contribution is 2.43. The molecule has 0 unspecified atom stereocenters. The molecule has 0 N–H and O–H groups in total. The van der Waals surface area contributed by atoms with Crippen molar-refractivity contribution in [2.75, 3.05) is 6.61 Å². The van der Waals surface area contributed by atoms with E-state index >= 15 is 0 Å². The first-order valence-corrected chi connectivity index (χ1v) is 6.24. The minimum atomic E-state index is -0.644. The third-order valence-corrected chi connectivity index (χ3v) is 3.74. The number of hydrogen-bond acceptors (Lipinski definition) is 4. The fraction of sp³-hybridized carbons (Fsp3) is 0.615. The van der Waals surface area contributed by atoms with Crippen LogP contribution in [0.5, 0.6) is 0 Å². The number of amides is 2. The maximum Gasteiger partial charge on any atom is 0.330 e. The molecule has 2 aliphatic rings. The lowest BCUT2D eigenvalue weighted by atomic mass is 9.72. The highest BCUT2D eigenvalue weighted by Gasteiger charge is 2.53. The monoisotopic (exact) mass is 251 g/mol. The molecule has 2 fully saturated rings. The number of hydrogen-bond donors (Lipinski definition) is 0. The van der Waals surface area contributed by atoms with Crippen molar-refractivity contribution in [2.24, 2.45) is 0 Å². The summed E-state index contributed by atoms with van der Waals surface area (Å²) in [6.45, 7) is 2.87. The summed E-state index contributed by atoms with van der Waals surface area (Å²) in [4.78, 5) is 35.7. The second-order valence-electron chi connectivity index (χ2n) is 4.90. The van der Waals surface area contributed by atoms with E-state index in [0.717, 1.165) is 38.2 Å². The first-order chi connectivity index (χ1) is 8.59. The Morgan fingerprint density at radius 1 is 1.33 bits per heavy atom. The Hall–Kier alpha value is -1.65. The molecule has 5 nitrogen and oxygen atoms in total. The summed E-state index contributed by atoms with van der Waals surface area (Å²) in [6.07, 6.45) is 6.45. The fourth-order valence-electron chi connectivity index (χ4n) is 2.88. The van der Waals surface area contributed by atoms with Gasteiger partial charge in [0.1, 0.15) is 0 Å². The molecule has 0 bridgehead atoms. The number of rotatable bonds is 3. The number of carbonyl (C=O) groups excluding carboxylic acids is 3. The smallest absolute Gasteiger partial charge is 0.330 e. The van der Waals surface area contributed by atoms with Crippen LogP contribution in [-0.2, 0) is 19.1 Å². The predicted molar refractivity (Wildman–Crippen MR) is 63.4 cm³/mol. The largest absolute Gasteiger partial charge is 0.452 e. The molecule has 2 amide bonds. The Kier molecular flexibility index (Phi) is 3.50. The molecule has 1 aliphatic heterocycles. The van der Waals surface area contributed by atoms with Gasteiger partial charge in [-0.05, 0) is 12.8 Å². The minimum Gasteiger partial charge on any atom is -0.452 e. The number of nitrogens with zero attached hydrogens (tertiary/aromatic N) is 1. The maximum absolute atomic E-state index is 11.9. The number of carbonyl (C=O) groups is 3. The van der Waals surface area contributed by atoms with Crippen molar-refractivity contribution in [1.82, 2.24) is 4.90 Å². The zero-order chi connectivity index (χ0) is 13.2. The van der Waals surface area contributed by atoms with Crippen LogP contribution in [0.25, 0.3) is 0 Å². The van der Waals surface area contributed by atoms with Gasteiger partial charge in [0.2, 0.25) is 5.91 Å². The maximum atomic E-state index is 11.9. The van der Waals surface area contributed by atoms with E-state index in [1.165, 1.54) is 4.90 Å². The molecular formula is C13H17NO4. The van der Waals surface area contributed by atoms with Crippen LogP contribution >= 0.6 is 0 Å². The summed E-state index contributed by atoms with van der Waals surface area (Å²) in [7, 11) is 0. The lowest BCUT2D eigenvalue weighted by Gasteiger charge is -2.52. The number of esters is 1. The molecule has 2 rings (SSSR count). The molecule has 0 radical (unpaired) electrons. The van der Waals surface area contributed by atoms with Crippen LogP contribution in [0.2, 0.25) is 0 Å². The average molecular weight is 251 g/mol. The fourth-order valence-corrected chi connectivity index (χ4v) is 2.88. The van der Waals surface area contributed by atoms with E-state index in [9.17, 15) is 14.4 Å². The van der Waals surface area contributed by atoms with Crippen LogP contribution in [-0.4, -0.2) is 34.8 Å². The second-order valence-corrected chi connectivity index (χ2v) is 4.90. The van der Waals surface area contributed by atoms with Crippen LogP contribution in [0.1, 0.15) is 38.5 Å². The van der Waals surface area contributed by atoms with Crippen molar-refractivity contribution in [3.63, 3.8) is 0 Å². The zero-order valence-corrected chi connectivity index (χ0v) is 10.3. The van der Waals surface area contributed by atoms with Gasteiger partial charge in [0, 0.05) is 6.08 Å². The van der Waals surface area contributed by atoms with Crippen molar-refractivity contribution in [3.05, 3.63) is 12.7 Å². The number of ether oxygens (including phenoxy) is 1. The van der Waals surface area contributed by atoms with Crippen LogP contribution in [0.4, 0.5) is 0 Å². The Bertz CT molecular complexity index is 396. The third kappa shape index (κ3) is 2.17. The van der Waals surface area contributed by atoms with E-state index in [2.05, 4.69) is 6.58 Å². The van der Waals surface area contributed by atoms with Crippen LogP contribution in [0, 0.1) is 0 Å². The number of likely N-dealkylation sites (tertiary alicyclic amines) is 1. The predicted octanol–water partition coefficient (Wildman–Crippen LogP) is 1.18. The third-order valence-electron chi connectivity index (χ3n) is 3.74. The van der Waals surface area contributed by atoms with Crippen LogP contribution < -0.4 is 0 Å². The average Bonchev–Trinajstić information content (AvgIpc) is 2.36. The van der Waals surface area contributed by atoms with Crippen LogP contribution in [0.15, 0.2) is 12.7 Å². The quantitative estimate of drug-likeness (QED) is 0.429. The molecule has 1 saturated carbocycles. The van der Waals surface area contributed by atoms with Crippen LogP contribution in [0.3, 0.4) is 0 Å². The Labute approximate surface area is 106 Å². The van der Waals surface area contributed by atoms with Crippen molar-refractivity contribution in [1.29, 1.82) is 0 Å². The Balaban J connectivity index is 1.97. The van der Waals surface area contributed by atoms with Gasteiger partial charge in [-0.15, -0.1) is 0 Å². The summed E-state index contributed by atoms with van der Waals surface area (Å²) in [6, 6.07) is 0. The standard InChI is InChI=1S/C13H17NO4/c1-2-12(17)18-9-11(16)14-10(15)8-13(14)6-4-3-5-7-13/h2H,1,3-9H2. The van der Waals surface area contributed by atoms with Crippen molar-refractivity contribution in [3.8, 4) is 0 Å². The molecule has 0 aromatic rings. The van der Waals surface area contributed by atoms with Crippen molar-refractivity contribution in [2.45, 2.75) is 44.1 Å². The molecule has 1 saturated heterocycles. The van der Waals surface area contributed by atoms with Gasteiger partial charge >= 0.3 is 5.97 Å². The van der Waals surface area contributed by atoms with E-state index in [4.69, 9.17) is 4.74 Å². The molecule has 1 heterocycles. The molecule has 0 atom stereocenters. The summed E-state index contributed by atoms with van der Waals surface area (Å²) in [5.41, 5.74) is -0.285.